The number of thiazole rings is 1. The van der Waals surface area contributed by atoms with E-state index in [9.17, 15) is 0 Å². The van der Waals surface area contributed by atoms with Crippen LogP contribution >= 0.6 is 11.3 Å². The van der Waals surface area contributed by atoms with Gasteiger partial charge in [0, 0.05) is 19.3 Å². The van der Waals surface area contributed by atoms with Crippen LogP contribution in [0.15, 0.2) is 6.20 Å². The molecule has 0 spiro atoms. The van der Waals surface area contributed by atoms with Crippen molar-refractivity contribution in [2.45, 2.75) is 39.3 Å². The molecule has 3 nitrogen and oxygen atoms in total. The Hall–Kier alpha value is -0.610. The van der Waals surface area contributed by atoms with Crippen molar-refractivity contribution in [3.8, 4) is 0 Å². The topological polar surface area (TPSA) is 36.4 Å². The van der Waals surface area contributed by atoms with E-state index in [1.54, 1.807) is 17.5 Å². The van der Waals surface area contributed by atoms with Crippen LogP contribution in [-0.2, 0) is 6.61 Å². The Labute approximate surface area is 89.4 Å². The van der Waals surface area contributed by atoms with Gasteiger partial charge in [-0.1, -0.05) is 25.2 Å². The van der Waals surface area contributed by atoms with E-state index in [1.807, 2.05) is 0 Å². The Balaban J connectivity index is 2.72. The quantitative estimate of drug-likeness (QED) is 0.816. The summed E-state index contributed by atoms with van der Waals surface area (Å²) in [6, 6.07) is 0.549. The maximum absolute atomic E-state index is 8.94. The Morgan fingerprint density at radius 1 is 1.50 bits per heavy atom. The fourth-order valence-corrected chi connectivity index (χ4v) is 2.33. The highest BCUT2D eigenvalue weighted by Gasteiger charge is 2.13. The maximum Gasteiger partial charge on any atom is 0.185 e. The van der Waals surface area contributed by atoms with Crippen LogP contribution in [0.2, 0.25) is 0 Å². The third kappa shape index (κ3) is 2.45. The predicted molar refractivity (Wildman–Crippen MR) is 60.8 cm³/mol. The first-order valence-electron chi connectivity index (χ1n) is 5.01. The smallest absolute Gasteiger partial charge is 0.185 e. The van der Waals surface area contributed by atoms with E-state index in [-0.39, 0.29) is 6.61 Å². The zero-order valence-electron chi connectivity index (χ0n) is 9.03. The SMILES string of the molecule is CCC(CC)N(C)c1ncc(CO)s1. The van der Waals surface area contributed by atoms with Gasteiger partial charge in [-0.05, 0) is 12.8 Å². The molecule has 0 bridgehead atoms. The molecule has 1 N–H and O–H groups in total. The molecule has 1 heterocycles. The van der Waals surface area contributed by atoms with Crippen LogP contribution in [0.3, 0.4) is 0 Å². The van der Waals surface area contributed by atoms with Crippen LogP contribution in [0.1, 0.15) is 31.6 Å². The van der Waals surface area contributed by atoms with E-state index in [0.717, 1.165) is 22.9 Å². The van der Waals surface area contributed by atoms with Crippen LogP contribution in [0.25, 0.3) is 0 Å². The summed E-state index contributed by atoms with van der Waals surface area (Å²) in [5.41, 5.74) is 0. The highest BCUT2D eigenvalue weighted by atomic mass is 32.1. The molecule has 1 aromatic rings. The maximum atomic E-state index is 8.94. The summed E-state index contributed by atoms with van der Waals surface area (Å²) in [6.45, 7) is 4.46. The number of aliphatic hydroxyl groups is 1. The third-order valence-corrected chi connectivity index (χ3v) is 3.56. The van der Waals surface area contributed by atoms with Crippen molar-refractivity contribution in [3.63, 3.8) is 0 Å². The molecular formula is C10H18N2OS. The normalized spacial score (nSPS) is 10.9. The van der Waals surface area contributed by atoms with Gasteiger partial charge in [-0.25, -0.2) is 4.98 Å². The van der Waals surface area contributed by atoms with Gasteiger partial charge in [-0.2, -0.15) is 0 Å². The Kier molecular flexibility index (Phi) is 4.35. The highest BCUT2D eigenvalue weighted by molar-refractivity contribution is 7.15. The van der Waals surface area contributed by atoms with Crippen LogP contribution in [0.5, 0.6) is 0 Å². The van der Waals surface area contributed by atoms with Gasteiger partial charge < -0.3 is 10.0 Å². The van der Waals surface area contributed by atoms with E-state index in [4.69, 9.17) is 5.11 Å². The summed E-state index contributed by atoms with van der Waals surface area (Å²) >= 11 is 1.56. The second-order valence-corrected chi connectivity index (χ2v) is 4.44. The van der Waals surface area contributed by atoms with Crippen molar-refractivity contribution in [3.05, 3.63) is 11.1 Å². The molecule has 14 heavy (non-hydrogen) atoms. The Bertz CT molecular complexity index is 271. The van der Waals surface area contributed by atoms with Crippen molar-refractivity contribution >= 4 is 16.5 Å². The van der Waals surface area contributed by atoms with Gasteiger partial charge in [0.1, 0.15) is 0 Å². The molecule has 0 unspecified atom stereocenters. The van der Waals surface area contributed by atoms with E-state index in [1.165, 1.54) is 0 Å². The molecular weight excluding hydrogens is 196 g/mol. The molecule has 0 fully saturated rings. The molecule has 0 aliphatic rings. The minimum Gasteiger partial charge on any atom is -0.391 e. The van der Waals surface area contributed by atoms with Crippen molar-refractivity contribution in [2.24, 2.45) is 0 Å². The predicted octanol–water partition coefficient (Wildman–Crippen LogP) is 2.26. The second kappa shape index (κ2) is 5.32. The van der Waals surface area contributed by atoms with Gasteiger partial charge in [0.2, 0.25) is 0 Å². The Morgan fingerprint density at radius 2 is 2.14 bits per heavy atom. The number of anilines is 1. The van der Waals surface area contributed by atoms with Crippen LogP contribution < -0.4 is 4.90 Å². The average molecular weight is 214 g/mol. The lowest BCUT2D eigenvalue weighted by atomic mass is 10.1. The lowest BCUT2D eigenvalue weighted by molar-refractivity contribution is 0.285. The number of aromatic nitrogens is 1. The molecule has 0 aliphatic heterocycles. The van der Waals surface area contributed by atoms with Crippen molar-refractivity contribution < 1.29 is 5.11 Å². The lowest BCUT2D eigenvalue weighted by Gasteiger charge is -2.25. The molecule has 0 radical (unpaired) electrons. The summed E-state index contributed by atoms with van der Waals surface area (Å²) < 4.78 is 0. The van der Waals surface area contributed by atoms with Crippen LogP contribution in [-0.4, -0.2) is 23.2 Å². The summed E-state index contributed by atoms with van der Waals surface area (Å²) in [4.78, 5) is 7.41. The van der Waals surface area contributed by atoms with Crippen molar-refractivity contribution in [2.75, 3.05) is 11.9 Å². The zero-order valence-corrected chi connectivity index (χ0v) is 9.84. The number of rotatable bonds is 5. The van der Waals surface area contributed by atoms with E-state index >= 15 is 0 Å². The Morgan fingerprint density at radius 3 is 2.57 bits per heavy atom. The number of aliphatic hydroxyl groups excluding tert-OH is 1. The standard InChI is InChI=1S/C10H18N2OS/c1-4-8(5-2)12(3)10-11-6-9(7-13)14-10/h6,8,13H,4-5,7H2,1-3H3. The lowest BCUT2D eigenvalue weighted by Crippen LogP contribution is -2.30. The van der Waals surface area contributed by atoms with E-state index in [2.05, 4.69) is 30.8 Å². The van der Waals surface area contributed by atoms with Gasteiger partial charge in [-0.3, -0.25) is 0 Å². The van der Waals surface area contributed by atoms with Crippen molar-refractivity contribution in [1.82, 2.24) is 4.98 Å². The minimum absolute atomic E-state index is 0.0917. The van der Waals surface area contributed by atoms with Gasteiger partial charge in [0.25, 0.3) is 0 Å². The van der Waals surface area contributed by atoms with Crippen LogP contribution in [0.4, 0.5) is 5.13 Å². The molecule has 80 valence electrons. The molecule has 0 saturated heterocycles. The molecule has 4 heteroatoms. The summed E-state index contributed by atoms with van der Waals surface area (Å²) in [7, 11) is 2.07. The molecule has 0 aliphatic carbocycles. The summed E-state index contributed by atoms with van der Waals surface area (Å²) in [5.74, 6) is 0. The number of hydrogen-bond acceptors (Lipinski definition) is 4. The monoisotopic (exact) mass is 214 g/mol. The van der Waals surface area contributed by atoms with Gasteiger partial charge in [-0.15, -0.1) is 0 Å². The molecule has 1 aromatic heterocycles. The van der Waals surface area contributed by atoms with Crippen molar-refractivity contribution in [1.29, 1.82) is 0 Å². The molecule has 0 saturated carbocycles. The van der Waals surface area contributed by atoms with Gasteiger partial charge in [0.05, 0.1) is 11.5 Å². The number of hydrogen-bond donors (Lipinski definition) is 1. The molecule has 1 rings (SSSR count). The van der Waals surface area contributed by atoms with Crippen LogP contribution in [0, 0.1) is 0 Å². The first-order valence-corrected chi connectivity index (χ1v) is 5.82. The first-order chi connectivity index (χ1) is 6.72. The molecule has 0 atom stereocenters. The summed E-state index contributed by atoms with van der Waals surface area (Å²) in [5, 5.41) is 9.94. The second-order valence-electron chi connectivity index (χ2n) is 3.35. The van der Waals surface area contributed by atoms with E-state index in [0.29, 0.717) is 6.04 Å². The van der Waals surface area contributed by atoms with Gasteiger partial charge >= 0.3 is 0 Å². The fraction of sp³-hybridized carbons (Fsp3) is 0.700. The highest BCUT2D eigenvalue weighted by Crippen LogP contribution is 2.24. The molecule has 0 amide bonds. The zero-order chi connectivity index (χ0) is 10.6. The largest absolute Gasteiger partial charge is 0.391 e. The molecule has 0 aromatic carbocycles. The van der Waals surface area contributed by atoms with Gasteiger partial charge in [0.15, 0.2) is 5.13 Å². The third-order valence-electron chi connectivity index (χ3n) is 2.49. The van der Waals surface area contributed by atoms with E-state index < -0.39 is 0 Å². The average Bonchev–Trinajstić information content (AvgIpc) is 2.67. The summed E-state index contributed by atoms with van der Waals surface area (Å²) in [6.07, 6.45) is 4.00. The fourth-order valence-electron chi connectivity index (χ4n) is 1.53. The first kappa shape index (κ1) is 11.5. The number of nitrogens with zero attached hydrogens (tertiary/aromatic N) is 2. The minimum atomic E-state index is 0.0917.